The average molecular weight is 285 g/mol. The summed E-state index contributed by atoms with van der Waals surface area (Å²) in [6, 6.07) is 8.16. The Morgan fingerprint density at radius 3 is 2.76 bits per heavy atom. The van der Waals surface area contributed by atoms with Crippen LogP contribution in [-0.4, -0.2) is 33.4 Å². The Labute approximate surface area is 125 Å². The van der Waals surface area contributed by atoms with Gasteiger partial charge in [-0.3, -0.25) is 4.79 Å². The van der Waals surface area contributed by atoms with E-state index in [9.17, 15) is 4.79 Å². The van der Waals surface area contributed by atoms with Crippen LogP contribution in [0.4, 0.5) is 0 Å². The van der Waals surface area contributed by atoms with Crippen molar-refractivity contribution in [2.24, 2.45) is 0 Å². The highest BCUT2D eigenvalue weighted by Gasteiger charge is 2.26. The van der Waals surface area contributed by atoms with E-state index in [1.165, 1.54) is 19.3 Å². The van der Waals surface area contributed by atoms with E-state index in [0.717, 1.165) is 23.9 Å². The molecule has 0 saturated heterocycles. The van der Waals surface area contributed by atoms with Gasteiger partial charge in [-0.2, -0.15) is 0 Å². The van der Waals surface area contributed by atoms with E-state index in [2.05, 4.69) is 4.98 Å². The molecule has 0 spiro atoms. The molecule has 1 fully saturated rings. The number of amides is 1. The Hall–Kier alpha value is -1.84. The minimum Gasteiger partial charge on any atom is -0.341 e. The maximum atomic E-state index is 12.8. The van der Waals surface area contributed by atoms with Crippen molar-refractivity contribution in [3.63, 3.8) is 0 Å². The summed E-state index contributed by atoms with van der Waals surface area (Å²) < 4.78 is 1.98. The van der Waals surface area contributed by atoms with Gasteiger partial charge in [0.2, 0.25) is 5.91 Å². The van der Waals surface area contributed by atoms with Crippen molar-refractivity contribution in [1.29, 1.82) is 0 Å². The van der Waals surface area contributed by atoms with Crippen LogP contribution in [0.15, 0.2) is 30.6 Å². The summed E-state index contributed by atoms with van der Waals surface area (Å²) in [5.74, 6) is 0.185. The molecule has 1 amide bonds. The lowest BCUT2D eigenvalue weighted by Crippen LogP contribution is -2.41. The monoisotopic (exact) mass is 285 g/mol. The highest BCUT2D eigenvalue weighted by atomic mass is 16.2. The fourth-order valence-corrected chi connectivity index (χ4v) is 3.35. The van der Waals surface area contributed by atoms with E-state index in [-0.39, 0.29) is 11.9 Å². The molecule has 0 radical (unpaired) electrons. The van der Waals surface area contributed by atoms with Crippen LogP contribution in [0.3, 0.4) is 0 Å². The van der Waals surface area contributed by atoms with Crippen molar-refractivity contribution < 1.29 is 4.79 Å². The Morgan fingerprint density at radius 1 is 1.29 bits per heavy atom. The molecule has 0 unspecified atom stereocenters. The molecule has 0 bridgehead atoms. The van der Waals surface area contributed by atoms with Gasteiger partial charge in [-0.15, -0.1) is 0 Å². The third kappa shape index (κ3) is 2.67. The van der Waals surface area contributed by atoms with Gasteiger partial charge in [0.1, 0.15) is 6.04 Å². The molecule has 0 N–H and O–H groups in total. The first kappa shape index (κ1) is 14.1. The van der Waals surface area contributed by atoms with Crippen molar-refractivity contribution >= 4 is 16.9 Å². The molecule has 1 aromatic carbocycles. The quantitative estimate of drug-likeness (QED) is 0.867. The summed E-state index contributed by atoms with van der Waals surface area (Å²) in [6.07, 6.45) is 7.84. The van der Waals surface area contributed by atoms with Crippen LogP contribution < -0.4 is 0 Å². The first-order chi connectivity index (χ1) is 10.2. The number of hydrogen-bond acceptors (Lipinski definition) is 2. The molecule has 1 atom stereocenters. The molecule has 1 saturated carbocycles. The molecule has 2 aromatic rings. The Bertz CT molecular complexity index is 628. The minimum absolute atomic E-state index is 0.185. The zero-order valence-electron chi connectivity index (χ0n) is 12.8. The maximum Gasteiger partial charge on any atom is 0.245 e. The lowest BCUT2D eigenvalue weighted by atomic mass is 9.94. The second-order valence-corrected chi connectivity index (χ2v) is 6.06. The predicted octanol–water partition coefficient (Wildman–Crippen LogP) is 3.39. The van der Waals surface area contributed by atoms with Gasteiger partial charge in [0.25, 0.3) is 0 Å². The summed E-state index contributed by atoms with van der Waals surface area (Å²) in [5.41, 5.74) is 1.97. The molecule has 1 aliphatic carbocycles. The highest BCUT2D eigenvalue weighted by molar-refractivity contribution is 5.83. The molecule has 4 nitrogen and oxygen atoms in total. The van der Waals surface area contributed by atoms with Crippen LogP contribution in [0.5, 0.6) is 0 Å². The summed E-state index contributed by atoms with van der Waals surface area (Å²) in [7, 11) is 1.95. The fraction of sp³-hybridized carbons (Fsp3) is 0.529. The zero-order chi connectivity index (χ0) is 14.8. The number of benzene rings is 1. The van der Waals surface area contributed by atoms with E-state index >= 15 is 0 Å². The van der Waals surface area contributed by atoms with Crippen molar-refractivity contribution in [3.05, 3.63) is 30.6 Å². The third-order valence-corrected chi connectivity index (χ3v) is 4.73. The number of likely N-dealkylation sites (N-methyl/N-ethyl adjacent to an activating group) is 1. The average Bonchev–Trinajstić information content (AvgIpc) is 2.97. The molecular weight excluding hydrogens is 262 g/mol. The number of fused-ring (bicyclic) bond motifs is 1. The van der Waals surface area contributed by atoms with Gasteiger partial charge < -0.3 is 9.47 Å². The van der Waals surface area contributed by atoms with Gasteiger partial charge in [0, 0.05) is 13.1 Å². The highest BCUT2D eigenvalue weighted by Crippen LogP contribution is 2.25. The minimum atomic E-state index is -0.204. The summed E-state index contributed by atoms with van der Waals surface area (Å²) in [6.45, 7) is 1.97. The number of imidazole rings is 1. The number of rotatable bonds is 3. The van der Waals surface area contributed by atoms with Gasteiger partial charge in [-0.05, 0) is 31.9 Å². The third-order valence-electron chi connectivity index (χ3n) is 4.73. The van der Waals surface area contributed by atoms with E-state index in [1.807, 2.05) is 47.7 Å². The second kappa shape index (κ2) is 5.88. The molecule has 1 aliphatic rings. The number of aromatic nitrogens is 2. The van der Waals surface area contributed by atoms with Crippen LogP contribution in [0.2, 0.25) is 0 Å². The Morgan fingerprint density at radius 2 is 2.00 bits per heavy atom. The normalized spacial score (nSPS) is 17.8. The number of carbonyl (C=O) groups excluding carboxylic acids is 1. The van der Waals surface area contributed by atoms with Gasteiger partial charge in [0.05, 0.1) is 17.4 Å². The Balaban J connectivity index is 1.80. The van der Waals surface area contributed by atoms with Gasteiger partial charge >= 0.3 is 0 Å². The molecule has 112 valence electrons. The van der Waals surface area contributed by atoms with Gasteiger partial charge in [-0.25, -0.2) is 4.98 Å². The first-order valence-corrected chi connectivity index (χ1v) is 7.86. The van der Waals surface area contributed by atoms with Crippen LogP contribution in [0.1, 0.15) is 45.1 Å². The first-order valence-electron chi connectivity index (χ1n) is 7.86. The van der Waals surface area contributed by atoms with Crippen molar-refractivity contribution in [2.45, 2.75) is 51.1 Å². The van der Waals surface area contributed by atoms with E-state index in [4.69, 9.17) is 0 Å². The Kier molecular flexibility index (Phi) is 3.95. The van der Waals surface area contributed by atoms with Crippen LogP contribution in [-0.2, 0) is 4.79 Å². The topological polar surface area (TPSA) is 38.1 Å². The molecule has 1 aromatic heterocycles. The lowest BCUT2D eigenvalue weighted by molar-refractivity contribution is -0.135. The van der Waals surface area contributed by atoms with Crippen molar-refractivity contribution in [2.75, 3.05) is 7.05 Å². The van der Waals surface area contributed by atoms with Gasteiger partial charge in [0.15, 0.2) is 0 Å². The molecule has 1 heterocycles. The van der Waals surface area contributed by atoms with E-state index < -0.39 is 0 Å². The second-order valence-electron chi connectivity index (χ2n) is 6.06. The van der Waals surface area contributed by atoms with Gasteiger partial charge in [-0.1, -0.05) is 31.4 Å². The number of nitrogens with zero attached hydrogens (tertiary/aromatic N) is 3. The van der Waals surface area contributed by atoms with Crippen molar-refractivity contribution in [3.8, 4) is 0 Å². The van der Waals surface area contributed by atoms with Crippen molar-refractivity contribution in [1.82, 2.24) is 14.5 Å². The molecule has 0 aliphatic heterocycles. The molecule has 4 heteroatoms. The summed E-state index contributed by atoms with van der Waals surface area (Å²) in [5, 5.41) is 0. The summed E-state index contributed by atoms with van der Waals surface area (Å²) in [4.78, 5) is 19.1. The predicted molar refractivity (Wildman–Crippen MR) is 84.1 cm³/mol. The maximum absolute atomic E-state index is 12.8. The van der Waals surface area contributed by atoms with Crippen LogP contribution >= 0.6 is 0 Å². The fourth-order valence-electron chi connectivity index (χ4n) is 3.35. The lowest BCUT2D eigenvalue weighted by Gasteiger charge is -2.33. The number of hydrogen-bond donors (Lipinski definition) is 0. The molecular formula is C17H23N3O. The van der Waals surface area contributed by atoms with E-state index in [1.54, 1.807) is 6.33 Å². The van der Waals surface area contributed by atoms with Crippen LogP contribution in [0.25, 0.3) is 11.0 Å². The number of carbonyl (C=O) groups is 1. The molecule has 3 rings (SSSR count). The smallest absolute Gasteiger partial charge is 0.245 e. The number of para-hydroxylation sites is 2. The van der Waals surface area contributed by atoms with Crippen LogP contribution in [0, 0.1) is 0 Å². The summed E-state index contributed by atoms with van der Waals surface area (Å²) >= 11 is 0. The standard InChI is InChI=1S/C17H23N3O/c1-13(17(21)19(2)14-8-4-3-5-9-14)20-12-18-15-10-6-7-11-16(15)20/h6-7,10-14H,3-5,8-9H2,1-2H3/t13-/m0/s1. The SMILES string of the molecule is C[C@@H](C(=O)N(C)C1CCCCC1)n1cnc2ccccc21. The van der Waals surface area contributed by atoms with E-state index in [0.29, 0.717) is 6.04 Å². The largest absolute Gasteiger partial charge is 0.341 e. The zero-order valence-corrected chi connectivity index (χ0v) is 12.8. The molecule has 21 heavy (non-hydrogen) atoms.